The van der Waals surface area contributed by atoms with Crippen LogP contribution in [0.3, 0.4) is 0 Å². The van der Waals surface area contributed by atoms with Gasteiger partial charge in [-0.25, -0.2) is 0 Å². The van der Waals surface area contributed by atoms with E-state index in [4.69, 9.17) is 4.74 Å². The van der Waals surface area contributed by atoms with Crippen molar-refractivity contribution in [3.63, 3.8) is 0 Å². The molecule has 2 nitrogen and oxygen atoms in total. The van der Waals surface area contributed by atoms with Crippen molar-refractivity contribution in [3.05, 3.63) is 35.4 Å². The summed E-state index contributed by atoms with van der Waals surface area (Å²) in [5, 5.41) is 3.18. The molecule has 90 valence electrons. The fourth-order valence-electron chi connectivity index (χ4n) is 1.71. The SMILES string of the molecule is CNCC(OC(C)(C)C)c1cccc(C)c1. The molecular weight excluding hydrogens is 198 g/mol. The molecule has 0 spiro atoms. The molecule has 0 heterocycles. The summed E-state index contributed by atoms with van der Waals surface area (Å²) in [5.74, 6) is 0. The molecule has 0 aliphatic carbocycles. The number of hydrogen-bond acceptors (Lipinski definition) is 2. The van der Waals surface area contributed by atoms with Crippen LogP contribution in [0.15, 0.2) is 24.3 Å². The third-order valence-electron chi connectivity index (χ3n) is 2.30. The first-order valence-corrected chi connectivity index (χ1v) is 5.81. The summed E-state index contributed by atoms with van der Waals surface area (Å²) in [6.07, 6.45) is 0.116. The highest BCUT2D eigenvalue weighted by molar-refractivity contribution is 5.24. The van der Waals surface area contributed by atoms with Crippen LogP contribution >= 0.6 is 0 Å². The van der Waals surface area contributed by atoms with E-state index in [0.717, 1.165) is 6.54 Å². The zero-order valence-electron chi connectivity index (χ0n) is 11.0. The molecule has 1 aromatic carbocycles. The average Bonchev–Trinajstić information content (AvgIpc) is 2.15. The lowest BCUT2D eigenvalue weighted by Gasteiger charge is -2.28. The van der Waals surface area contributed by atoms with Crippen LogP contribution in [-0.4, -0.2) is 19.2 Å². The van der Waals surface area contributed by atoms with Crippen molar-refractivity contribution >= 4 is 0 Å². The first-order valence-electron chi connectivity index (χ1n) is 5.81. The summed E-state index contributed by atoms with van der Waals surface area (Å²) in [5.41, 5.74) is 2.39. The van der Waals surface area contributed by atoms with Crippen molar-refractivity contribution in [3.8, 4) is 0 Å². The molecule has 0 fully saturated rings. The van der Waals surface area contributed by atoms with Gasteiger partial charge < -0.3 is 10.1 Å². The molecule has 0 bridgehead atoms. The number of likely N-dealkylation sites (N-methyl/N-ethyl adjacent to an activating group) is 1. The highest BCUT2D eigenvalue weighted by atomic mass is 16.5. The van der Waals surface area contributed by atoms with Crippen LogP contribution < -0.4 is 5.32 Å². The van der Waals surface area contributed by atoms with Gasteiger partial charge >= 0.3 is 0 Å². The Morgan fingerprint density at radius 2 is 2.00 bits per heavy atom. The molecule has 0 saturated heterocycles. The average molecular weight is 221 g/mol. The van der Waals surface area contributed by atoms with E-state index in [9.17, 15) is 0 Å². The van der Waals surface area contributed by atoms with Gasteiger partial charge in [0.05, 0.1) is 11.7 Å². The number of rotatable bonds is 4. The zero-order chi connectivity index (χ0) is 12.2. The summed E-state index contributed by atoms with van der Waals surface area (Å²) >= 11 is 0. The van der Waals surface area contributed by atoms with Crippen molar-refractivity contribution < 1.29 is 4.74 Å². The molecule has 1 aromatic rings. The van der Waals surface area contributed by atoms with E-state index >= 15 is 0 Å². The Kier molecular flexibility index (Phi) is 4.51. The first-order chi connectivity index (χ1) is 7.42. The van der Waals surface area contributed by atoms with Gasteiger partial charge in [-0.2, -0.15) is 0 Å². The van der Waals surface area contributed by atoms with Gasteiger partial charge in [0, 0.05) is 6.54 Å². The van der Waals surface area contributed by atoms with E-state index in [2.05, 4.69) is 57.3 Å². The Balaban J connectivity index is 2.85. The van der Waals surface area contributed by atoms with Gasteiger partial charge in [0.2, 0.25) is 0 Å². The summed E-state index contributed by atoms with van der Waals surface area (Å²) in [6, 6.07) is 8.50. The Hall–Kier alpha value is -0.860. The van der Waals surface area contributed by atoms with Crippen molar-refractivity contribution in [2.75, 3.05) is 13.6 Å². The summed E-state index contributed by atoms with van der Waals surface area (Å²) in [6.45, 7) is 9.21. The second-order valence-electron chi connectivity index (χ2n) is 5.19. The summed E-state index contributed by atoms with van der Waals surface area (Å²) in [4.78, 5) is 0. The molecule has 16 heavy (non-hydrogen) atoms. The number of hydrogen-bond donors (Lipinski definition) is 1. The van der Waals surface area contributed by atoms with Crippen LogP contribution in [-0.2, 0) is 4.74 Å². The summed E-state index contributed by atoms with van der Waals surface area (Å²) in [7, 11) is 1.95. The molecule has 0 aromatic heterocycles. The topological polar surface area (TPSA) is 21.3 Å². The number of aryl methyl sites for hydroxylation is 1. The minimum Gasteiger partial charge on any atom is -0.367 e. The number of nitrogens with one attached hydrogen (secondary N) is 1. The van der Waals surface area contributed by atoms with Crippen LogP contribution in [0.5, 0.6) is 0 Å². The lowest BCUT2D eigenvalue weighted by Crippen LogP contribution is -2.28. The van der Waals surface area contributed by atoms with E-state index in [0.29, 0.717) is 0 Å². The molecule has 1 atom stereocenters. The van der Waals surface area contributed by atoms with Gasteiger partial charge in [-0.3, -0.25) is 0 Å². The number of ether oxygens (including phenoxy) is 1. The molecule has 0 aliphatic rings. The highest BCUT2D eigenvalue weighted by Gasteiger charge is 2.19. The van der Waals surface area contributed by atoms with Crippen molar-refractivity contribution in [2.24, 2.45) is 0 Å². The second-order valence-corrected chi connectivity index (χ2v) is 5.19. The predicted octanol–water partition coefficient (Wildman–Crippen LogP) is 3.07. The number of benzene rings is 1. The zero-order valence-corrected chi connectivity index (χ0v) is 11.0. The fraction of sp³-hybridized carbons (Fsp3) is 0.571. The van der Waals surface area contributed by atoms with Crippen LogP contribution in [0.25, 0.3) is 0 Å². The third kappa shape index (κ3) is 4.33. The first kappa shape index (κ1) is 13.2. The molecular formula is C14H23NO. The van der Waals surface area contributed by atoms with Crippen molar-refractivity contribution in [2.45, 2.75) is 39.4 Å². The monoisotopic (exact) mass is 221 g/mol. The van der Waals surface area contributed by atoms with E-state index in [1.165, 1.54) is 11.1 Å². The fourth-order valence-corrected chi connectivity index (χ4v) is 1.71. The van der Waals surface area contributed by atoms with Gasteiger partial charge in [-0.1, -0.05) is 29.8 Å². The maximum absolute atomic E-state index is 6.06. The summed E-state index contributed by atoms with van der Waals surface area (Å²) < 4.78 is 6.06. The Morgan fingerprint density at radius 1 is 1.31 bits per heavy atom. The van der Waals surface area contributed by atoms with Gasteiger partial charge in [0.15, 0.2) is 0 Å². The molecule has 1 rings (SSSR count). The molecule has 0 radical (unpaired) electrons. The standard InChI is InChI=1S/C14H23NO/c1-11-7-6-8-12(9-11)13(10-15-5)16-14(2,3)4/h6-9,13,15H,10H2,1-5H3. The van der Waals surface area contributed by atoms with Gasteiger partial charge in [-0.15, -0.1) is 0 Å². The van der Waals surface area contributed by atoms with Crippen LogP contribution in [0.1, 0.15) is 38.0 Å². The largest absolute Gasteiger partial charge is 0.367 e. The third-order valence-corrected chi connectivity index (χ3v) is 2.30. The highest BCUT2D eigenvalue weighted by Crippen LogP contribution is 2.23. The van der Waals surface area contributed by atoms with E-state index in [-0.39, 0.29) is 11.7 Å². The lowest BCUT2D eigenvalue weighted by molar-refractivity contribution is -0.0599. The van der Waals surface area contributed by atoms with Crippen molar-refractivity contribution in [1.29, 1.82) is 0 Å². The second kappa shape index (κ2) is 5.46. The minimum atomic E-state index is -0.120. The molecule has 0 amide bonds. The lowest BCUT2D eigenvalue weighted by atomic mass is 10.1. The van der Waals surface area contributed by atoms with Crippen LogP contribution in [0.2, 0.25) is 0 Å². The molecule has 1 unspecified atom stereocenters. The van der Waals surface area contributed by atoms with Gasteiger partial charge in [0.1, 0.15) is 0 Å². The van der Waals surface area contributed by atoms with Gasteiger partial charge in [0.25, 0.3) is 0 Å². The van der Waals surface area contributed by atoms with Gasteiger partial charge in [-0.05, 0) is 40.3 Å². The van der Waals surface area contributed by atoms with Crippen LogP contribution in [0.4, 0.5) is 0 Å². The molecule has 2 heteroatoms. The maximum atomic E-state index is 6.06. The molecule has 0 aliphatic heterocycles. The van der Waals surface area contributed by atoms with Crippen LogP contribution in [0, 0.1) is 6.92 Å². The molecule has 1 N–H and O–H groups in total. The van der Waals surface area contributed by atoms with E-state index in [1.807, 2.05) is 7.05 Å². The Labute approximate surface area is 99.0 Å². The van der Waals surface area contributed by atoms with E-state index < -0.39 is 0 Å². The van der Waals surface area contributed by atoms with Crippen molar-refractivity contribution in [1.82, 2.24) is 5.32 Å². The predicted molar refractivity (Wildman–Crippen MR) is 68.7 cm³/mol. The molecule has 0 saturated carbocycles. The minimum absolute atomic E-state index is 0.116. The van der Waals surface area contributed by atoms with E-state index in [1.54, 1.807) is 0 Å². The Morgan fingerprint density at radius 3 is 2.50 bits per heavy atom. The maximum Gasteiger partial charge on any atom is 0.0956 e. The quantitative estimate of drug-likeness (QED) is 0.843. The normalized spacial score (nSPS) is 13.8. The Bertz CT molecular complexity index is 328. The smallest absolute Gasteiger partial charge is 0.0956 e.